The van der Waals surface area contributed by atoms with Gasteiger partial charge in [-0.15, -0.1) is 0 Å². The van der Waals surface area contributed by atoms with Crippen LogP contribution in [-0.4, -0.2) is 23.0 Å². The number of carbonyl (C=O) groups is 1. The van der Waals surface area contributed by atoms with Crippen molar-refractivity contribution in [2.45, 2.75) is 38.8 Å². The van der Waals surface area contributed by atoms with Gasteiger partial charge in [-0.3, -0.25) is 5.32 Å². The smallest absolute Gasteiger partial charge is 0.359 e. The summed E-state index contributed by atoms with van der Waals surface area (Å²) < 4.78 is 7.52. The van der Waals surface area contributed by atoms with Crippen molar-refractivity contribution >= 4 is 11.7 Å². The van der Waals surface area contributed by atoms with Crippen molar-refractivity contribution < 1.29 is 14.1 Å². The summed E-state index contributed by atoms with van der Waals surface area (Å²) in [6.07, 6.45) is 3.23. The highest BCUT2D eigenvalue weighted by molar-refractivity contribution is 5.82. The first kappa shape index (κ1) is 21.8. The Labute approximate surface area is 200 Å². The number of hydrogen-bond donors (Lipinski definition) is 1. The lowest BCUT2D eigenvalue weighted by Gasteiger charge is -2.10. The Bertz CT molecular complexity index is 1290. The van der Waals surface area contributed by atoms with Gasteiger partial charge in [0.25, 0.3) is 0 Å². The van der Waals surface area contributed by atoms with Gasteiger partial charge in [0.1, 0.15) is 23.3 Å². The maximum Gasteiger partial charge on any atom is 0.359 e. The number of fused-ring (bicyclic) bond motifs is 1. The normalized spacial score (nSPS) is 14.7. The van der Waals surface area contributed by atoms with Gasteiger partial charge in [-0.25, -0.2) is 9.78 Å². The SMILES string of the molecule is CC(C)Oc1ccc(-c2c[n+]3c(c(Cc4ccccc4)n2)NC(Cc2ccccc2)C3=O)cc1. The summed E-state index contributed by atoms with van der Waals surface area (Å²) >= 11 is 0. The second kappa shape index (κ2) is 9.48. The highest BCUT2D eigenvalue weighted by Crippen LogP contribution is 2.26. The van der Waals surface area contributed by atoms with Crippen LogP contribution in [0, 0.1) is 0 Å². The molecule has 5 rings (SSSR count). The van der Waals surface area contributed by atoms with Crippen molar-refractivity contribution in [1.29, 1.82) is 0 Å². The van der Waals surface area contributed by atoms with Crippen LogP contribution >= 0.6 is 0 Å². The van der Waals surface area contributed by atoms with E-state index in [0.717, 1.165) is 39.6 Å². The van der Waals surface area contributed by atoms with E-state index >= 15 is 0 Å². The molecule has 0 saturated heterocycles. The lowest BCUT2D eigenvalue weighted by molar-refractivity contribution is -0.552. The number of nitrogens with zero attached hydrogens (tertiary/aromatic N) is 2. The molecule has 5 nitrogen and oxygen atoms in total. The van der Waals surface area contributed by atoms with Crippen molar-refractivity contribution in [2.75, 3.05) is 5.32 Å². The summed E-state index contributed by atoms with van der Waals surface area (Å²) in [5.74, 6) is 1.63. The van der Waals surface area contributed by atoms with Gasteiger partial charge in [0.15, 0.2) is 6.04 Å². The minimum Gasteiger partial charge on any atom is -0.491 e. The Hall–Kier alpha value is -3.99. The maximum absolute atomic E-state index is 13.4. The van der Waals surface area contributed by atoms with Crippen LogP contribution in [0.3, 0.4) is 0 Å². The van der Waals surface area contributed by atoms with Gasteiger partial charge in [-0.2, -0.15) is 4.57 Å². The van der Waals surface area contributed by atoms with E-state index in [0.29, 0.717) is 12.8 Å². The van der Waals surface area contributed by atoms with Gasteiger partial charge in [-0.1, -0.05) is 60.7 Å². The van der Waals surface area contributed by atoms with Gasteiger partial charge in [0, 0.05) is 18.4 Å². The molecule has 1 aliphatic heterocycles. The highest BCUT2D eigenvalue weighted by atomic mass is 16.5. The molecule has 1 aliphatic rings. The molecule has 2 heterocycles. The quantitative estimate of drug-likeness (QED) is 0.399. The molecule has 170 valence electrons. The molecule has 0 spiro atoms. The molecule has 0 saturated carbocycles. The number of ether oxygens (including phenoxy) is 1. The summed E-state index contributed by atoms with van der Waals surface area (Å²) in [7, 11) is 0. The summed E-state index contributed by atoms with van der Waals surface area (Å²) in [5, 5.41) is 3.46. The lowest BCUT2D eigenvalue weighted by Crippen LogP contribution is -2.44. The van der Waals surface area contributed by atoms with Crippen molar-refractivity contribution in [2.24, 2.45) is 0 Å². The van der Waals surface area contributed by atoms with Gasteiger partial charge >= 0.3 is 11.7 Å². The standard InChI is InChI=1S/C29H27N3O2/c1-20(2)34-24-15-13-23(14-16-24)27-19-32-28(25(30-27)17-21-9-5-3-6-10-21)31-26(29(32)33)18-22-11-7-4-8-12-22/h3-16,19-20,26H,17-18H2,1-2H3/p+1. The van der Waals surface area contributed by atoms with E-state index < -0.39 is 0 Å². The fourth-order valence-corrected chi connectivity index (χ4v) is 4.29. The first-order chi connectivity index (χ1) is 16.6. The third-order valence-electron chi connectivity index (χ3n) is 5.89. The molecule has 34 heavy (non-hydrogen) atoms. The van der Waals surface area contributed by atoms with Crippen LogP contribution in [-0.2, 0) is 12.8 Å². The average molecular weight is 451 g/mol. The Balaban J connectivity index is 1.51. The van der Waals surface area contributed by atoms with Crippen LogP contribution < -0.4 is 14.6 Å². The van der Waals surface area contributed by atoms with E-state index in [-0.39, 0.29) is 18.1 Å². The Kier molecular flexibility index (Phi) is 6.09. The zero-order valence-electron chi connectivity index (χ0n) is 19.4. The predicted molar refractivity (Wildman–Crippen MR) is 133 cm³/mol. The van der Waals surface area contributed by atoms with E-state index in [4.69, 9.17) is 9.72 Å². The molecule has 5 heteroatoms. The number of carbonyl (C=O) groups excluding carboxylic acids is 1. The molecule has 1 unspecified atom stereocenters. The molecule has 0 aliphatic carbocycles. The molecule has 0 radical (unpaired) electrons. The van der Waals surface area contributed by atoms with Gasteiger partial charge < -0.3 is 4.74 Å². The summed E-state index contributed by atoms with van der Waals surface area (Å²) in [5.41, 5.74) is 4.84. The molecule has 4 aromatic rings. The number of rotatable bonds is 7. The maximum atomic E-state index is 13.4. The zero-order valence-corrected chi connectivity index (χ0v) is 19.4. The van der Waals surface area contributed by atoms with Gasteiger partial charge in [-0.05, 0) is 49.2 Å². The summed E-state index contributed by atoms with van der Waals surface area (Å²) in [4.78, 5) is 18.4. The number of benzene rings is 3. The molecule has 1 atom stereocenters. The minimum absolute atomic E-state index is 0.0385. The van der Waals surface area contributed by atoms with E-state index in [2.05, 4.69) is 29.6 Å². The molecule has 0 fully saturated rings. The zero-order chi connectivity index (χ0) is 23.5. The number of anilines is 1. The predicted octanol–water partition coefficient (Wildman–Crippen LogP) is 5.09. The van der Waals surface area contributed by atoms with Crippen LogP contribution in [0.2, 0.25) is 0 Å². The summed E-state index contributed by atoms with van der Waals surface area (Å²) in [6.45, 7) is 4.01. The molecule has 1 N–H and O–H groups in total. The van der Waals surface area contributed by atoms with Crippen LogP contribution in [0.25, 0.3) is 11.3 Å². The molecule has 3 aromatic carbocycles. The van der Waals surface area contributed by atoms with Crippen LogP contribution in [0.4, 0.5) is 5.82 Å². The Morgan fingerprint density at radius 3 is 2.21 bits per heavy atom. The fourth-order valence-electron chi connectivity index (χ4n) is 4.29. The Morgan fingerprint density at radius 2 is 1.56 bits per heavy atom. The van der Waals surface area contributed by atoms with Crippen LogP contribution in [0.15, 0.2) is 91.1 Å². The Morgan fingerprint density at radius 1 is 0.912 bits per heavy atom. The third kappa shape index (κ3) is 4.69. The molecular formula is C29H28N3O2+. The molecule has 0 amide bonds. The van der Waals surface area contributed by atoms with E-state index in [1.165, 1.54) is 0 Å². The second-order valence-electron chi connectivity index (χ2n) is 8.87. The molecular weight excluding hydrogens is 422 g/mol. The second-order valence-corrected chi connectivity index (χ2v) is 8.87. The number of nitrogens with one attached hydrogen (secondary N) is 1. The van der Waals surface area contributed by atoms with E-state index in [1.54, 1.807) is 4.57 Å². The molecule has 1 aromatic heterocycles. The van der Waals surface area contributed by atoms with Crippen molar-refractivity contribution in [3.8, 4) is 17.0 Å². The highest BCUT2D eigenvalue weighted by Gasteiger charge is 2.41. The first-order valence-corrected chi connectivity index (χ1v) is 11.7. The average Bonchev–Trinajstić information content (AvgIpc) is 3.16. The van der Waals surface area contributed by atoms with E-state index in [9.17, 15) is 4.79 Å². The van der Waals surface area contributed by atoms with Gasteiger partial charge in [0.2, 0.25) is 0 Å². The van der Waals surface area contributed by atoms with Crippen molar-refractivity contribution in [1.82, 2.24) is 4.98 Å². The van der Waals surface area contributed by atoms with Crippen LogP contribution in [0.1, 0.15) is 35.5 Å². The van der Waals surface area contributed by atoms with E-state index in [1.807, 2.05) is 80.7 Å². The first-order valence-electron chi connectivity index (χ1n) is 11.7. The largest absolute Gasteiger partial charge is 0.491 e. The lowest BCUT2D eigenvalue weighted by atomic mass is 10.1. The topological polar surface area (TPSA) is 55.1 Å². The van der Waals surface area contributed by atoms with Crippen molar-refractivity contribution in [3.63, 3.8) is 0 Å². The number of hydrogen-bond acceptors (Lipinski definition) is 4. The fraction of sp³-hybridized carbons (Fsp3) is 0.207. The minimum atomic E-state index is -0.323. The van der Waals surface area contributed by atoms with Crippen molar-refractivity contribution in [3.05, 3.63) is 108 Å². The number of aromatic nitrogens is 2. The monoisotopic (exact) mass is 450 g/mol. The third-order valence-corrected chi connectivity index (χ3v) is 5.89. The van der Waals surface area contributed by atoms with Gasteiger partial charge in [0.05, 0.1) is 6.10 Å². The summed E-state index contributed by atoms with van der Waals surface area (Å²) in [6, 6.07) is 27.9. The van der Waals surface area contributed by atoms with Crippen LogP contribution in [0.5, 0.6) is 5.75 Å². The molecule has 0 bridgehead atoms.